The van der Waals surface area contributed by atoms with Crippen LogP contribution in [0.1, 0.15) is 44.0 Å². The van der Waals surface area contributed by atoms with E-state index in [4.69, 9.17) is 9.47 Å². The van der Waals surface area contributed by atoms with Crippen molar-refractivity contribution in [1.82, 2.24) is 5.32 Å². The number of nitrogens with zero attached hydrogens (tertiary/aromatic N) is 1. The van der Waals surface area contributed by atoms with Gasteiger partial charge in [-0.25, -0.2) is 0 Å². The molecule has 1 aromatic rings. The van der Waals surface area contributed by atoms with Gasteiger partial charge in [0.05, 0.1) is 30.1 Å². The van der Waals surface area contributed by atoms with Gasteiger partial charge in [-0.05, 0) is 19.8 Å². The summed E-state index contributed by atoms with van der Waals surface area (Å²) in [5.74, 6) is -1.44. The summed E-state index contributed by atoms with van der Waals surface area (Å²) in [5.41, 5.74) is -1.79. The van der Waals surface area contributed by atoms with Gasteiger partial charge in [0.25, 0.3) is 11.6 Å². The van der Waals surface area contributed by atoms with Gasteiger partial charge in [-0.3, -0.25) is 19.7 Å². The number of rotatable bonds is 10. The smallest absolute Gasteiger partial charge is 0.311 e. The highest BCUT2D eigenvalue weighted by Gasteiger charge is 2.36. The highest BCUT2D eigenvalue weighted by molar-refractivity contribution is 5.99. The molecule has 9 nitrogen and oxygen atoms in total. The van der Waals surface area contributed by atoms with Crippen LogP contribution in [0.4, 0.5) is 5.69 Å². The molecule has 0 aliphatic heterocycles. The Kier molecular flexibility index (Phi) is 7.36. The molecule has 0 bridgehead atoms. The number of carbonyl (C=O) groups excluding carboxylic acids is 1. The summed E-state index contributed by atoms with van der Waals surface area (Å²) in [6.07, 6.45) is 0.627. The van der Waals surface area contributed by atoms with Crippen molar-refractivity contribution >= 4 is 17.6 Å². The molecule has 0 saturated carbocycles. The Morgan fingerprint density at radius 1 is 1.23 bits per heavy atom. The molecule has 0 radical (unpaired) electrons. The normalized spacial score (nSPS) is 10.9. The topological polar surface area (TPSA) is 128 Å². The molecule has 26 heavy (non-hydrogen) atoms. The van der Waals surface area contributed by atoms with Crippen LogP contribution in [0.15, 0.2) is 12.1 Å². The number of hydrogen-bond acceptors (Lipinski definition) is 6. The maximum atomic E-state index is 12.5. The molecule has 0 heterocycles. The van der Waals surface area contributed by atoms with Crippen molar-refractivity contribution in [3.8, 4) is 11.5 Å². The van der Waals surface area contributed by atoms with Crippen LogP contribution in [0.2, 0.25) is 0 Å². The standard InChI is InChI=1S/C17H24N2O7/c1-5-17(6-2,16(21)22)10-18-15(20)11-8-13(25-4)14(26-7-3)9-12(11)19(23)24/h8-9H,5-7,10H2,1-4H3,(H,18,20)(H,21,22). The van der Waals surface area contributed by atoms with E-state index in [-0.39, 0.29) is 30.2 Å². The lowest BCUT2D eigenvalue weighted by atomic mass is 9.82. The predicted molar refractivity (Wildman–Crippen MR) is 93.8 cm³/mol. The minimum Gasteiger partial charge on any atom is -0.493 e. The van der Waals surface area contributed by atoms with Gasteiger partial charge in [-0.15, -0.1) is 0 Å². The largest absolute Gasteiger partial charge is 0.493 e. The minimum atomic E-state index is -1.13. The van der Waals surface area contributed by atoms with Gasteiger partial charge in [-0.1, -0.05) is 13.8 Å². The van der Waals surface area contributed by atoms with Gasteiger partial charge in [0.15, 0.2) is 11.5 Å². The van der Waals surface area contributed by atoms with Crippen LogP contribution in [0, 0.1) is 15.5 Å². The molecular weight excluding hydrogens is 344 g/mol. The van der Waals surface area contributed by atoms with Gasteiger partial charge in [-0.2, -0.15) is 0 Å². The molecule has 0 aromatic heterocycles. The Balaban J connectivity index is 3.22. The van der Waals surface area contributed by atoms with Crippen molar-refractivity contribution in [3.63, 3.8) is 0 Å². The summed E-state index contributed by atoms with van der Waals surface area (Å²) in [6, 6.07) is 2.35. The monoisotopic (exact) mass is 368 g/mol. The van der Waals surface area contributed by atoms with Crippen molar-refractivity contribution < 1.29 is 29.1 Å². The molecule has 0 saturated heterocycles. The molecule has 0 fully saturated rings. The molecule has 1 rings (SSSR count). The zero-order valence-corrected chi connectivity index (χ0v) is 15.3. The van der Waals surface area contributed by atoms with Crippen LogP contribution < -0.4 is 14.8 Å². The Hall–Kier alpha value is -2.84. The molecule has 144 valence electrons. The average Bonchev–Trinajstić information content (AvgIpc) is 2.62. The van der Waals surface area contributed by atoms with Crippen molar-refractivity contribution in [2.75, 3.05) is 20.3 Å². The molecule has 9 heteroatoms. The van der Waals surface area contributed by atoms with E-state index in [9.17, 15) is 24.8 Å². The first kappa shape index (κ1) is 21.2. The van der Waals surface area contributed by atoms with E-state index in [2.05, 4.69) is 5.32 Å². The van der Waals surface area contributed by atoms with Crippen LogP contribution in [-0.2, 0) is 4.79 Å². The molecule has 0 atom stereocenters. The summed E-state index contributed by atoms with van der Waals surface area (Å²) < 4.78 is 10.4. The number of ether oxygens (including phenoxy) is 2. The maximum absolute atomic E-state index is 12.5. The summed E-state index contributed by atoms with van der Waals surface area (Å²) in [6.45, 7) is 5.28. The number of aliphatic carboxylic acids is 1. The Morgan fingerprint density at radius 2 is 1.85 bits per heavy atom. The first-order chi connectivity index (χ1) is 12.3. The minimum absolute atomic E-state index is 0.138. The van der Waals surface area contributed by atoms with Crippen LogP contribution >= 0.6 is 0 Å². The van der Waals surface area contributed by atoms with E-state index >= 15 is 0 Å². The lowest BCUT2D eigenvalue weighted by Gasteiger charge is -2.26. The number of nitrogens with one attached hydrogen (secondary N) is 1. The predicted octanol–water partition coefficient (Wildman–Crippen LogP) is 2.62. The fourth-order valence-electron chi connectivity index (χ4n) is 2.53. The number of benzene rings is 1. The number of nitro groups is 1. The molecule has 1 aromatic carbocycles. The van der Waals surface area contributed by atoms with Crippen molar-refractivity contribution in [2.24, 2.45) is 5.41 Å². The quantitative estimate of drug-likeness (QED) is 0.480. The zero-order chi connectivity index (χ0) is 19.9. The van der Waals surface area contributed by atoms with E-state index in [0.29, 0.717) is 12.8 Å². The Bertz CT molecular complexity index is 684. The Morgan fingerprint density at radius 3 is 2.27 bits per heavy atom. The van der Waals surface area contributed by atoms with Gasteiger partial charge >= 0.3 is 5.97 Å². The van der Waals surface area contributed by atoms with Crippen molar-refractivity contribution in [3.05, 3.63) is 27.8 Å². The fourth-order valence-corrected chi connectivity index (χ4v) is 2.53. The summed E-state index contributed by atoms with van der Waals surface area (Å²) in [7, 11) is 1.36. The zero-order valence-electron chi connectivity index (χ0n) is 15.3. The third-order valence-electron chi connectivity index (χ3n) is 4.42. The molecular formula is C17H24N2O7. The van der Waals surface area contributed by atoms with E-state index in [0.717, 1.165) is 6.07 Å². The molecule has 0 unspecified atom stereocenters. The number of carboxylic acid groups (broad SMARTS) is 1. The van der Waals surface area contributed by atoms with Gasteiger partial charge in [0, 0.05) is 12.6 Å². The third-order valence-corrected chi connectivity index (χ3v) is 4.42. The van der Waals surface area contributed by atoms with E-state index < -0.39 is 27.9 Å². The van der Waals surface area contributed by atoms with Crippen LogP contribution in [0.5, 0.6) is 11.5 Å². The highest BCUT2D eigenvalue weighted by Crippen LogP contribution is 2.35. The average molecular weight is 368 g/mol. The number of nitro benzene ring substituents is 1. The van der Waals surface area contributed by atoms with Crippen LogP contribution in [-0.4, -0.2) is 42.2 Å². The summed E-state index contributed by atoms with van der Waals surface area (Å²) in [4.78, 5) is 34.7. The number of hydrogen-bond donors (Lipinski definition) is 2. The maximum Gasteiger partial charge on any atom is 0.311 e. The SMILES string of the molecule is CCOc1cc([N+](=O)[O-])c(C(=O)NCC(CC)(CC)C(=O)O)cc1OC. The van der Waals surface area contributed by atoms with E-state index in [1.54, 1.807) is 20.8 Å². The van der Waals surface area contributed by atoms with Crippen LogP contribution in [0.3, 0.4) is 0 Å². The molecule has 0 aliphatic rings. The van der Waals surface area contributed by atoms with Crippen molar-refractivity contribution in [1.29, 1.82) is 0 Å². The number of carbonyl (C=O) groups is 2. The lowest BCUT2D eigenvalue weighted by molar-refractivity contribution is -0.385. The second-order valence-corrected chi connectivity index (χ2v) is 5.69. The molecule has 1 amide bonds. The first-order valence-electron chi connectivity index (χ1n) is 8.27. The Labute approximate surface area is 151 Å². The first-order valence-corrected chi connectivity index (χ1v) is 8.27. The molecule has 2 N–H and O–H groups in total. The summed E-state index contributed by atoms with van der Waals surface area (Å²) >= 11 is 0. The van der Waals surface area contributed by atoms with E-state index in [1.807, 2.05) is 0 Å². The van der Waals surface area contributed by atoms with Crippen molar-refractivity contribution in [2.45, 2.75) is 33.6 Å². The van der Waals surface area contributed by atoms with Gasteiger partial charge in [0.1, 0.15) is 5.56 Å². The summed E-state index contributed by atoms with van der Waals surface area (Å²) in [5, 5.41) is 23.3. The number of amides is 1. The molecule has 0 aliphatic carbocycles. The van der Waals surface area contributed by atoms with Crippen LogP contribution in [0.25, 0.3) is 0 Å². The highest BCUT2D eigenvalue weighted by atomic mass is 16.6. The lowest BCUT2D eigenvalue weighted by Crippen LogP contribution is -2.42. The second-order valence-electron chi connectivity index (χ2n) is 5.69. The van der Waals surface area contributed by atoms with Gasteiger partial charge < -0.3 is 19.9 Å². The van der Waals surface area contributed by atoms with Gasteiger partial charge in [0.2, 0.25) is 0 Å². The number of carboxylic acids is 1. The third kappa shape index (κ3) is 4.41. The fraction of sp³-hybridized carbons (Fsp3) is 0.529. The van der Waals surface area contributed by atoms with E-state index in [1.165, 1.54) is 13.2 Å². The molecule has 0 spiro atoms. The second kappa shape index (κ2) is 9.02. The number of methoxy groups -OCH3 is 1.